The molecule has 0 saturated carbocycles. The molecule has 6 aromatic rings. The van der Waals surface area contributed by atoms with E-state index in [0.29, 0.717) is 0 Å². The minimum atomic E-state index is -3.67. The molecule has 6 aromatic carbocycles. The van der Waals surface area contributed by atoms with E-state index in [0.717, 1.165) is 21.2 Å². The number of hydrogen-bond donors (Lipinski definition) is 0. The van der Waals surface area contributed by atoms with Gasteiger partial charge in [0.05, 0.1) is 0 Å². The van der Waals surface area contributed by atoms with Crippen molar-refractivity contribution < 1.29 is 0 Å². The van der Waals surface area contributed by atoms with Crippen LogP contribution < -0.4 is 21.2 Å². The Balaban J connectivity index is 1.83. The summed E-state index contributed by atoms with van der Waals surface area (Å²) in [5.74, 6) is -3.67. The first-order valence-corrected chi connectivity index (χ1v) is 15.3. The van der Waals surface area contributed by atoms with Crippen molar-refractivity contribution >= 4 is 49.2 Å². The summed E-state index contributed by atoms with van der Waals surface area (Å²) in [6.07, 6.45) is 0. The van der Waals surface area contributed by atoms with Crippen LogP contribution in [0.15, 0.2) is 158 Å². The molecule has 6 rings (SSSR count). The van der Waals surface area contributed by atoms with Crippen molar-refractivity contribution in [1.82, 2.24) is 0 Å². The predicted octanol–water partition coefficient (Wildman–Crippen LogP) is 7.82. The third kappa shape index (κ3) is 3.34. The van der Waals surface area contributed by atoms with Gasteiger partial charge < -0.3 is 0 Å². The van der Waals surface area contributed by atoms with Crippen LogP contribution in [0, 0.1) is 0 Å². The van der Waals surface area contributed by atoms with Crippen molar-refractivity contribution in [2.75, 3.05) is 0 Å². The maximum absolute atomic E-state index is 8.54. The zero-order valence-electron chi connectivity index (χ0n) is 19.8. The molecule has 0 radical (unpaired) electrons. The molecule has 0 aliphatic heterocycles. The SMILES string of the molecule is ClP(c1ccccc1)(c1ccccc1)(c1ccccc1)c1ccccc1-c1cccc2ccccc12. The quantitative estimate of drug-likeness (QED) is 0.212. The van der Waals surface area contributed by atoms with Gasteiger partial charge in [-0.1, -0.05) is 0 Å². The minimum absolute atomic E-state index is 1.13. The number of halogens is 1. The summed E-state index contributed by atoms with van der Waals surface area (Å²) in [5.41, 5.74) is 2.36. The molecule has 0 heterocycles. The second-order valence-electron chi connectivity index (χ2n) is 9.06. The second-order valence-corrected chi connectivity index (χ2v) is 15.1. The zero-order chi connectivity index (χ0) is 24.5. The molecule has 0 fully saturated rings. The van der Waals surface area contributed by atoms with Gasteiger partial charge in [-0.15, -0.1) is 0 Å². The number of benzene rings is 6. The average molecular weight is 501 g/mol. The molecular formula is C34H26ClP. The molecule has 0 aromatic heterocycles. The summed E-state index contributed by atoms with van der Waals surface area (Å²) in [6.45, 7) is 0. The fourth-order valence-electron chi connectivity index (χ4n) is 5.52. The Kier molecular flexibility index (Phi) is 5.73. The normalized spacial score (nSPS) is 12.6. The van der Waals surface area contributed by atoms with E-state index in [2.05, 4.69) is 158 Å². The molecule has 0 amide bonds. The van der Waals surface area contributed by atoms with E-state index >= 15 is 0 Å². The van der Waals surface area contributed by atoms with E-state index in [9.17, 15) is 0 Å². The monoisotopic (exact) mass is 500 g/mol. The topological polar surface area (TPSA) is 0 Å². The predicted molar refractivity (Wildman–Crippen MR) is 160 cm³/mol. The van der Waals surface area contributed by atoms with Crippen LogP contribution >= 0.6 is 17.2 Å². The molecule has 0 aliphatic rings. The summed E-state index contributed by atoms with van der Waals surface area (Å²) in [4.78, 5) is 0. The van der Waals surface area contributed by atoms with Crippen LogP contribution in [0.5, 0.6) is 0 Å². The van der Waals surface area contributed by atoms with E-state index in [1.807, 2.05) is 0 Å². The van der Waals surface area contributed by atoms with Gasteiger partial charge in [0.2, 0.25) is 0 Å². The van der Waals surface area contributed by atoms with Crippen LogP contribution in [-0.2, 0) is 0 Å². The first kappa shape index (κ1) is 22.7. The molecule has 0 aliphatic carbocycles. The summed E-state index contributed by atoms with van der Waals surface area (Å²) in [6, 6.07) is 55.9. The van der Waals surface area contributed by atoms with Crippen LogP contribution in [0.2, 0.25) is 0 Å². The molecule has 0 bridgehead atoms. The van der Waals surface area contributed by atoms with Gasteiger partial charge in [0.25, 0.3) is 0 Å². The van der Waals surface area contributed by atoms with Gasteiger partial charge in [-0.25, -0.2) is 0 Å². The third-order valence-electron chi connectivity index (χ3n) is 7.16. The van der Waals surface area contributed by atoms with Gasteiger partial charge in [0, 0.05) is 0 Å². The van der Waals surface area contributed by atoms with E-state index in [-0.39, 0.29) is 0 Å². The van der Waals surface area contributed by atoms with Crippen molar-refractivity contribution in [2.24, 2.45) is 0 Å². The Morgan fingerprint density at radius 3 is 1.36 bits per heavy atom. The van der Waals surface area contributed by atoms with E-state index in [4.69, 9.17) is 11.2 Å². The Hall–Kier alpha value is -3.70. The van der Waals surface area contributed by atoms with Crippen LogP contribution in [-0.4, -0.2) is 0 Å². The van der Waals surface area contributed by atoms with E-state index in [1.165, 1.54) is 21.9 Å². The Morgan fingerprint density at radius 1 is 0.361 bits per heavy atom. The summed E-state index contributed by atoms with van der Waals surface area (Å²) >= 11 is 8.54. The van der Waals surface area contributed by atoms with Gasteiger partial charge in [0.15, 0.2) is 0 Å². The Morgan fingerprint density at radius 2 is 0.778 bits per heavy atom. The molecule has 0 unspecified atom stereocenters. The van der Waals surface area contributed by atoms with Crippen molar-refractivity contribution in [3.05, 3.63) is 158 Å². The molecule has 174 valence electrons. The second kappa shape index (κ2) is 9.07. The van der Waals surface area contributed by atoms with Gasteiger partial charge in [0.1, 0.15) is 0 Å². The average Bonchev–Trinajstić information content (AvgIpc) is 2.98. The van der Waals surface area contributed by atoms with Gasteiger partial charge >= 0.3 is 218 Å². The number of fused-ring (bicyclic) bond motifs is 1. The van der Waals surface area contributed by atoms with Crippen molar-refractivity contribution in [1.29, 1.82) is 0 Å². The fourth-order valence-corrected chi connectivity index (χ4v) is 11.9. The van der Waals surface area contributed by atoms with Gasteiger partial charge in [-0.2, -0.15) is 0 Å². The van der Waals surface area contributed by atoms with Gasteiger partial charge in [-0.05, 0) is 0 Å². The molecule has 0 saturated heterocycles. The van der Waals surface area contributed by atoms with E-state index < -0.39 is 5.96 Å². The zero-order valence-corrected chi connectivity index (χ0v) is 21.5. The first-order valence-electron chi connectivity index (χ1n) is 12.2. The standard InChI is InChI=1S/C34H26ClP/c35-36(28-17-4-1-5-18-28,29-19-6-2-7-20-29,30-21-8-3-9-22-30)34-26-13-12-24-33(34)32-25-14-16-27-15-10-11-23-31(27)32/h1-26H. The molecular weight excluding hydrogens is 475 g/mol. The summed E-state index contributed by atoms with van der Waals surface area (Å²) in [5, 5.41) is 7.01. The van der Waals surface area contributed by atoms with Crippen LogP contribution in [0.3, 0.4) is 0 Å². The fraction of sp³-hybridized carbons (Fsp3) is 0. The molecule has 0 N–H and O–H groups in total. The Labute approximate surface area is 217 Å². The summed E-state index contributed by atoms with van der Waals surface area (Å²) in [7, 11) is 0. The molecule has 36 heavy (non-hydrogen) atoms. The molecule has 2 heteroatoms. The van der Waals surface area contributed by atoms with Crippen LogP contribution in [0.1, 0.15) is 0 Å². The molecule has 0 nitrogen and oxygen atoms in total. The van der Waals surface area contributed by atoms with Crippen LogP contribution in [0.4, 0.5) is 0 Å². The maximum atomic E-state index is 8.54. The van der Waals surface area contributed by atoms with Gasteiger partial charge in [-0.3, -0.25) is 0 Å². The third-order valence-corrected chi connectivity index (χ3v) is 14.6. The molecule has 0 atom stereocenters. The first-order chi connectivity index (χ1) is 17.7. The Bertz CT molecular complexity index is 1540. The molecule has 0 spiro atoms. The van der Waals surface area contributed by atoms with Crippen molar-refractivity contribution in [3.63, 3.8) is 0 Å². The van der Waals surface area contributed by atoms with Crippen LogP contribution in [0.25, 0.3) is 21.9 Å². The van der Waals surface area contributed by atoms with Crippen molar-refractivity contribution in [2.45, 2.75) is 0 Å². The number of hydrogen-bond acceptors (Lipinski definition) is 0. The van der Waals surface area contributed by atoms with Crippen molar-refractivity contribution in [3.8, 4) is 11.1 Å². The summed E-state index contributed by atoms with van der Waals surface area (Å²) < 4.78 is 0. The number of rotatable bonds is 5. The van der Waals surface area contributed by atoms with E-state index in [1.54, 1.807) is 0 Å².